The predicted octanol–water partition coefficient (Wildman–Crippen LogP) is 10.3. The van der Waals surface area contributed by atoms with E-state index in [4.69, 9.17) is 40.5 Å². The zero-order valence-corrected chi connectivity index (χ0v) is 37.8. The molecular formula is C49H62ClFN2O8S. The largest absolute Gasteiger partial charge is 0.493 e. The van der Waals surface area contributed by atoms with E-state index in [9.17, 15) is 19.4 Å². The van der Waals surface area contributed by atoms with Gasteiger partial charge in [0.1, 0.15) is 35.6 Å². The monoisotopic (exact) mass is 892 g/mol. The van der Waals surface area contributed by atoms with Gasteiger partial charge in [-0.05, 0) is 112 Å². The molecule has 0 unspecified atom stereocenters. The summed E-state index contributed by atoms with van der Waals surface area (Å²) in [5.41, 5.74) is 2.57. The molecule has 3 aromatic rings. The van der Waals surface area contributed by atoms with Gasteiger partial charge in [0.05, 0.1) is 30.7 Å². The summed E-state index contributed by atoms with van der Waals surface area (Å²) < 4.78 is 40.9. The number of allylic oxidation sites excluding steroid dienone is 1. The van der Waals surface area contributed by atoms with Crippen LogP contribution in [-0.2, 0) is 20.9 Å². The van der Waals surface area contributed by atoms with E-state index in [1.165, 1.54) is 17.0 Å². The lowest BCUT2D eigenvalue weighted by atomic mass is 9.55. The highest BCUT2D eigenvalue weighted by Gasteiger charge is 2.65. The molecule has 336 valence electrons. The molecule has 1 amide bonds. The van der Waals surface area contributed by atoms with Gasteiger partial charge in [-0.1, -0.05) is 60.5 Å². The highest BCUT2D eigenvalue weighted by atomic mass is 35.5. The van der Waals surface area contributed by atoms with E-state index in [1.54, 1.807) is 34.9 Å². The first-order chi connectivity index (χ1) is 30.0. The van der Waals surface area contributed by atoms with Crippen LogP contribution >= 0.6 is 23.4 Å². The minimum atomic E-state index is -1.50. The van der Waals surface area contributed by atoms with Crippen molar-refractivity contribution in [3.05, 3.63) is 114 Å². The molecule has 13 heteroatoms. The number of unbranched alkanes of at least 4 members (excludes halogenated alkanes) is 2. The van der Waals surface area contributed by atoms with Gasteiger partial charge in [0.25, 0.3) is 0 Å². The van der Waals surface area contributed by atoms with Gasteiger partial charge in [0.2, 0.25) is 5.79 Å². The van der Waals surface area contributed by atoms with Gasteiger partial charge in [0.15, 0.2) is 0 Å². The zero-order valence-electron chi connectivity index (χ0n) is 36.2. The van der Waals surface area contributed by atoms with Crippen LogP contribution in [0.2, 0.25) is 0 Å². The molecule has 1 heterocycles. The molecule has 0 aromatic heterocycles. The third-order valence-corrected chi connectivity index (χ3v) is 12.7. The molecule has 0 bridgehead atoms. The molecule has 0 radical (unpaired) electrons. The van der Waals surface area contributed by atoms with E-state index in [0.29, 0.717) is 42.2 Å². The molecule has 2 N–H and O–H groups in total. The van der Waals surface area contributed by atoms with Gasteiger partial charge in [-0.2, -0.15) is 0 Å². The van der Waals surface area contributed by atoms with E-state index in [-0.39, 0.29) is 63.0 Å². The lowest BCUT2D eigenvalue weighted by Crippen LogP contribution is -2.70. The second-order valence-electron chi connectivity index (χ2n) is 17.0. The van der Waals surface area contributed by atoms with Gasteiger partial charge >= 0.3 is 6.09 Å². The molecule has 3 aromatic carbocycles. The van der Waals surface area contributed by atoms with Crippen LogP contribution in [0.4, 0.5) is 9.18 Å². The van der Waals surface area contributed by atoms with Crippen LogP contribution in [0.5, 0.6) is 11.5 Å². The number of hydrogen-bond donors (Lipinski definition) is 2. The summed E-state index contributed by atoms with van der Waals surface area (Å²) in [6.07, 6.45) is 8.04. The summed E-state index contributed by atoms with van der Waals surface area (Å²) in [6, 6.07) is 21.4. The lowest BCUT2D eigenvalue weighted by Gasteiger charge is -2.60. The predicted molar refractivity (Wildman–Crippen MR) is 242 cm³/mol. The van der Waals surface area contributed by atoms with Crippen molar-refractivity contribution in [1.82, 2.24) is 4.90 Å². The number of rotatable bonds is 22. The second-order valence-corrected chi connectivity index (χ2v) is 18.6. The number of aliphatic hydroxyl groups is 2. The fraction of sp³-hybridized carbons (Fsp3) is 0.510. The topological polar surface area (TPSA) is 119 Å². The number of ether oxygens (including phenoxy) is 4. The average molecular weight is 894 g/mol. The van der Waals surface area contributed by atoms with Gasteiger partial charge in [-0.15, -0.1) is 29.9 Å². The average Bonchev–Trinajstić information content (AvgIpc) is 3.26. The van der Waals surface area contributed by atoms with Crippen molar-refractivity contribution in [3.8, 4) is 11.5 Å². The Bertz CT molecular complexity index is 1980. The summed E-state index contributed by atoms with van der Waals surface area (Å²) >= 11 is 7.80. The lowest BCUT2D eigenvalue weighted by molar-refractivity contribution is -0.256. The third-order valence-electron chi connectivity index (χ3n) is 11.6. The second kappa shape index (κ2) is 22.5. The van der Waals surface area contributed by atoms with Crippen LogP contribution in [0.1, 0.15) is 82.8 Å². The Kier molecular flexibility index (Phi) is 17.2. The number of carbonyl (C=O) groups is 1. The van der Waals surface area contributed by atoms with Gasteiger partial charge in [0, 0.05) is 48.3 Å². The van der Waals surface area contributed by atoms with Crippen LogP contribution in [0.3, 0.4) is 0 Å². The Morgan fingerprint density at radius 3 is 2.47 bits per heavy atom. The normalized spacial score (nSPS) is 23.4. The van der Waals surface area contributed by atoms with E-state index >= 15 is 0 Å². The molecule has 10 nitrogen and oxygen atoms in total. The number of hydrogen-bond acceptors (Lipinski definition) is 10. The number of alkyl halides is 1. The maximum absolute atomic E-state index is 14.5. The first-order valence-corrected chi connectivity index (χ1v) is 23.3. The molecule has 3 aliphatic rings. The van der Waals surface area contributed by atoms with Crippen LogP contribution in [0, 0.1) is 23.6 Å². The fourth-order valence-electron chi connectivity index (χ4n) is 9.06. The highest BCUT2D eigenvalue weighted by molar-refractivity contribution is 7.99. The number of amides is 1. The van der Waals surface area contributed by atoms with Crippen molar-refractivity contribution < 1.29 is 43.2 Å². The Labute approximate surface area is 375 Å². The van der Waals surface area contributed by atoms with Gasteiger partial charge < -0.3 is 34.0 Å². The molecule has 0 spiro atoms. The van der Waals surface area contributed by atoms with Gasteiger partial charge in [-0.3, -0.25) is 4.90 Å². The standard InChI is InChI=1S/C49H62ClFN2O8S/c1-5-26-59-49-44(53(47(56)58-27-23-50)33-34-17-19-36(51)20-18-34)32-42(52-61-48(2,3)4)40-30-35(13-9-11-24-54)39(16-10-12-25-55)45(46(40)49)41-31-37(21-22-43(41)60-49)57-28-29-62-38-14-7-6-8-15-38/h5-8,14-15,17-22,30-31,35,39,44-46,54-55H,1,9-13,16,23-29,32-33H2,2-4H3/t35-,39+,44-,45+,46+,49+/m0/s1. The summed E-state index contributed by atoms with van der Waals surface area (Å²) in [5, 5.41) is 24.8. The Morgan fingerprint density at radius 1 is 1.03 bits per heavy atom. The van der Waals surface area contributed by atoms with Crippen molar-refractivity contribution in [3.63, 3.8) is 0 Å². The van der Waals surface area contributed by atoms with Crippen molar-refractivity contribution in [2.75, 3.05) is 44.7 Å². The number of halogens is 2. The Morgan fingerprint density at radius 2 is 1.77 bits per heavy atom. The summed E-state index contributed by atoms with van der Waals surface area (Å²) in [4.78, 5) is 23.5. The summed E-state index contributed by atoms with van der Waals surface area (Å²) in [6.45, 7) is 10.6. The van der Waals surface area contributed by atoms with Crippen molar-refractivity contribution in [2.45, 2.75) is 101 Å². The number of oxime groups is 1. The van der Waals surface area contributed by atoms with Crippen LogP contribution in [0.25, 0.3) is 0 Å². The molecular weight excluding hydrogens is 831 g/mol. The van der Waals surface area contributed by atoms with Gasteiger partial charge in [-0.25, -0.2) is 9.18 Å². The molecule has 62 heavy (non-hydrogen) atoms. The molecule has 1 fully saturated rings. The van der Waals surface area contributed by atoms with Crippen molar-refractivity contribution in [2.24, 2.45) is 22.9 Å². The minimum absolute atomic E-state index is 0.0302. The Hall–Kier alpha value is -4.07. The van der Waals surface area contributed by atoms with Crippen LogP contribution in [-0.4, -0.2) is 89.0 Å². The number of carbonyl (C=O) groups excluding carboxylic acids is 1. The first kappa shape index (κ1) is 47.4. The number of fused-ring (bicyclic) bond motifs is 2. The fourth-order valence-corrected chi connectivity index (χ4v) is 9.89. The van der Waals surface area contributed by atoms with E-state index in [2.05, 4.69) is 30.9 Å². The molecule has 6 atom stereocenters. The SMILES string of the molecule is C=CCO[C@@]12Oc3ccc(OCCSc4ccccc4)cc3[C@H]3[C@H](CCCCO)[C@@H](CCCCO)C=C(C(=NOC(C)(C)C)C[C@@H]1N(Cc1ccc(F)cc1)C(=O)OCCCl)[C@H]32. The molecule has 1 saturated carbocycles. The molecule has 2 aliphatic carbocycles. The minimum Gasteiger partial charge on any atom is -0.493 e. The van der Waals surface area contributed by atoms with Crippen molar-refractivity contribution in [1.29, 1.82) is 0 Å². The smallest absolute Gasteiger partial charge is 0.410 e. The van der Waals surface area contributed by atoms with Crippen LogP contribution < -0.4 is 9.47 Å². The maximum atomic E-state index is 14.5. The zero-order chi connectivity index (χ0) is 44.1. The third kappa shape index (κ3) is 11.7. The molecule has 6 rings (SSSR count). The van der Waals surface area contributed by atoms with E-state index in [0.717, 1.165) is 42.6 Å². The Balaban J connectivity index is 1.55. The number of aliphatic hydroxyl groups excluding tert-OH is 2. The number of nitrogens with zero attached hydrogens (tertiary/aromatic N) is 2. The summed E-state index contributed by atoms with van der Waals surface area (Å²) in [5.74, 6) is -0.399. The summed E-state index contributed by atoms with van der Waals surface area (Å²) in [7, 11) is 0. The highest BCUT2D eigenvalue weighted by Crippen LogP contribution is 2.62. The number of benzene rings is 3. The molecule has 1 aliphatic heterocycles. The first-order valence-electron chi connectivity index (χ1n) is 21.8. The van der Waals surface area contributed by atoms with E-state index in [1.807, 2.05) is 51.1 Å². The quantitative estimate of drug-likeness (QED) is 0.0334. The van der Waals surface area contributed by atoms with E-state index < -0.39 is 35.3 Å². The van der Waals surface area contributed by atoms with Crippen LogP contribution in [0.15, 0.2) is 107 Å². The molecule has 0 saturated heterocycles. The number of thioether (sulfide) groups is 1. The van der Waals surface area contributed by atoms with Crippen molar-refractivity contribution >= 4 is 35.2 Å². The maximum Gasteiger partial charge on any atom is 0.410 e.